The molecule has 0 atom stereocenters. The van der Waals surface area contributed by atoms with Crippen LogP contribution in [0.25, 0.3) is 69.2 Å². The van der Waals surface area contributed by atoms with Crippen molar-refractivity contribution in [2.75, 3.05) is 0 Å². The Morgan fingerprint density at radius 1 is 0.412 bits per heavy atom. The van der Waals surface area contributed by atoms with Gasteiger partial charge in [-0.2, -0.15) is 0 Å². The van der Waals surface area contributed by atoms with Crippen LogP contribution < -0.4 is 0 Å². The van der Waals surface area contributed by atoms with E-state index in [4.69, 9.17) is 0 Å². The molecule has 0 saturated heterocycles. The first-order chi connectivity index (χ1) is 16.9. The Labute approximate surface area is 200 Å². The predicted molar refractivity (Wildman–Crippen MR) is 149 cm³/mol. The molecule has 0 fully saturated rings. The Morgan fingerprint density at radius 2 is 1.06 bits per heavy atom. The summed E-state index contributed by atoms with van der Waals surface area (Å²) in [5.41, 5.74) is 3.75. The zero-order chi connectivity index (χ0) is 22.2. The molecule has 158 valence electrons. The lowest BCUT2D eigenvalue weighted by Crippen LogP contribution is -1.95. The molecule has 0 amide bonds. The molecule has 2 heteroatoms. The average Bonchev–Trinajstić information content (AvgIpc) is 3.44. The Morgan fingerprint density at radius 3 is 1.94 bits per heavy atom. The number of rotatable bonds is 1. The lowest BCUT2D eigenvalue weighted by Gasteiger charge is -2.11. The summed E-state index contributed by atoms with van der Waals surface area (Å²) in [5, 5.41) is 10.5. The molecular weight excluding hydrogens is 430 g/mol. The largest absolute Gasteiger partial charge is 0.309 e. The van der Waals surface area contributed by atoms with Crippen molar-refractivity contribution in [1.29, 1.82) is 0 Å². The number of nitrogens with zero attached hydrogens (tertiary/aromatic N) is 1. The molecule has 0 N–H and O–H groups in total. The van der Waals surface area contributed by atoms with E-state index in [2.05, 4.69) is 120 Å². The van der Waals surface area contributed by atoms with Gasteiger partial charge in [0.2, 0.25) is 0 Å². The van der Waals surface area contributed by atoms with Gasteiger partial charge in [-0.3, -0.25) is 0 Å². The number of aromatic nitrogens is 1. The fourth-order valence-electron chi connectivity index (χ4n) is 5.75. The minimum absolute atomic E-state index is 1.23. The summed E-state index contributed by atoms with van der Waals surface area (Å²) in [7, 11) is 0. The summed E-state index contributed by atoms with van der Waals surface area (Å²) in [4.78, 5) is 0. The van der Waals surface area contributed by atoms with Crippen LogP contribution in [-0.2, 0) is 0 Å². The Kier molecular flexibility index (Phi) is 3.60. The second-order valence-corrected chi connectivity index (χ2v) is 10.0. The minimum Gasteiger partial charge on any atom is -0.309 e. The van der Waals surface area contributed by atoms with Gasteiger partial charge in [0.1, 0.15) is 0 Å². The average molecular weight is 450 g/mol. The molecule has 0 saturated carbocycles. The Balaban J connectivity index is 1.70. The molecule has 8 rings (SSSR count). The zero-order valence-corrected chi connectivity index (χ0v) is 19.1. The summed E-state index contributed by atoms with van der Waals surface area (Å²) in [5.74, 6) is 0. The van der Waals surface area contributed by atoms with E-state index in [1.807, 2.05) is 11.3 Å². The van der Waals surface area contributed by atoms with Crippen LogP contribution >= 0.6 is 11.3 Å². The maximum absolute atomic E-state index is 2.48. The molecule has 1 nitrogen and oxygen atoms in total. The third-order valence-electron chi connectivity index (χ3n) is 7.17. The second kappa shape index (κ2) is 6.69. The van der Waals surface area contributed by atoms with Gasteiger partial charge >= 0.3 is 0 Å². The summed E-state index contributed by atoms with van der Waals surface area (Å²) in [6, 6.07) is 42.2. The molecule has 2 heterocycles. The zero-order valence-electron chi connectivity index (χ0n) is 18.3. The van der Waals surface area contributed by atoms with Gasteiger partial charge in [-0.05, 0) is 46.5 Å². The number of hydrogen-bond donors (Lipinski definition) is 0. The maximum atomic E-state index is 2.48. The minimum atomic E-state index is 1.23. The normalized spacial score (nSPS) is 12.1. The van der Waals surface area contributed by atoms with Crippen molar-refractivity contribution in [2.24, 2.45) is 0 Å². The summed E-state index contributed by atoms with van der Waals surface area (Å²) < 4.78 is 5.17. The quantitative estimate of drug-likeness (QED) is 0.235. The van der Waals surface area contributed by atoms with Gasteiger partial charge in [0.15, 0.2) is 0 Å². The third kappa shape index (κ3) is 2.33. The van der Waals surface area contributed by atoms with Crippen molar-refractivity contribution in [3.05, 3.63) is 115 Å². The van der Waals surface area contributed by atoms with Crippen molar-refractivity contribution >= 4 is 74.9 Å². The van der Waals surface area contributed by atoms with Crippen LogP contribution in [0.4, 0.5) is 0 Å². The van der Waals surface area contributed by atoms with Crippen LogP contribution in [-0.4, -0.2) is 4.57 Å². The molecule has 0 bridgehead atoms. The third-order valence-corrected chi connectivity index (χ3v) is 8.30. The first-order valence-electron chi connectivity index (χ1n) is 11.6. The van der Waals surface area contributed by atoms with Gasteiger partial charge < -0.3 is 4.57 Å². The highest BCUT2D eigenvalue weighted by Gasteiger charge is 2.20. The summed E-state index contributed by atoms with van der Waals surface area (Å²) >= 11 is 1.89. The second-order valence-electron chi connectivity index (χ2n) is 8.95. The van der Waals surface area contributed by atoms with Crippen LogP contribution in [0, 0.1) is 0 Å². The molecule has 8 aromatic rings. The molecule has 0 aliphatic carbocycles. The fraction of sp³-hybridized carbons (Fsp3) is 0. The lowest BCUT2D eigenvalue weighted by molar-refractivity contribution is 1.20. The van der Waals surface area contributed by atoms with Crippen LogP contribution in [0.1, 0.15) is 0 Å². The summed E-state index contributed by atoms with van der Waals surface area (Å²) in [6.45, 7) is 0. The summed E-state index contributed by atoms with van der Waals surface area (Å²) in [6.07, 6.45) is 0. The van der Waals surface area contributed by atoms with Crippen molar-refractivity contribution in [3.63, 3.8) is 0 Å². The molecule has 2 aromatic heterocycles. The van der Waals surface area contributed by atoms with E-state index < -0.39 is 0 Å². The van der Waals surface area contributed by atoms with Gasteiger partial charge in [0.25, 0.3) is 0 Å². The van der Waals surface area contributed by atoms with Gasteiger partial charge in [-0.25, -0.2) is 0 Å². The van der Waals surface area contributed by atoms with Crippen molar-refractivity contribution in [3.8, 4) is 5.69 Å². The standard InChI is InChI=1S/C32H19NS/c1-3-11-22-20(8-1)10-7-14-25(22)33-26-17-16-21-9-2-4-12-23(21)30(26)32-27(33)18-19-29-31(32)24-13-5-6-15-28(24)34-29/h1-19H. The van der Waals surface area contributed by atoms with Crippen molar-refractivity contribution < 1.29 is 0 Å². The predicted octanol–water partition coefficient (Wildman–Crippen LogP) is 9.46. The highest BCUT2D eigenvalue weighted by Crippen LogP contribution is 2.45. The van der Waals surface area contributed by atoms with Crippen LogP contribution in [0.3, 0.4) is 0 Å². The highest BCUT2D eigenvalue weighted by atomic mass is 32.1. The monoisotopic (exact) mass is 449 g/mol. The van der Waals surface area contributed by atoms with Gasteiger partial charge in [-0.15, -0.1) is 11.3 Å². The molecule has 6 aromatic carbocycles. The van der Waals surface area contributed by atoms with E-state index in [-0.39, 0.29) is 0 Å². The molecular formula is C32H19NS. The highest BCUT2D eigenvalue weighted by molar-refractivity contribution is 7.26. The van der Waals surface area contributed by atoms with Crippen LogP contribution in [0.5, 0.6) is 0 Å². The smallest absolute Gasteiger partial charge is 0.0548 e. The van der Waals surface area contributed by atoms with Gasteiger partial charge in [-0.1, -0.05) is 84.9 Å². The Hall–Kier alpha value is -4.14. The molecule has 0 spiro atoms. The lowest BCUT2D eigenvalue weighted by atomic mass is 10.0. The number of hydrogen-bond acceptors (Lipinski definition) is 1. The van der Waals surface area contributed by atoms with Crippen LogP contribution in [0.2, 0.25) is 0 Å². The van der Waals surface area contributed by atoms with Gasteiger partial charge in [0, 0.05) is 36.3 Å². The number of benzene rings is 6. The Bertz CT molecular complexity index is 2070. The van der Waals surface area contributed by atoms with E-state index >= 15 is 0 Å². The van der Waals surface area contributed by atoms with Crippen molar-refractivity contribution in [1.82, 2.24) is 4.57 Å². The van der Waals surface area contributed by atoms with E-state index in [1.165, 1.54) is 69.2 Å². The van der Waals surface area contributed by atoms with E-state index in [0.29, 0.717) is 0 Å². The fourth-order valence-corrected chi connectivity index (χ4v) is 6.86. The molecule has 0 aliphatic rings. The topological polar surface area (TPSA) is 4.93 Å². The molecule has 0 radical (unpaired) electrons. The number of fused-ring (bicyclic) bond motifs is 10. The first-order valence-corrected chi connectivity index (χ1v) is 12.4. The molecule has 34 heavy (non-hydrogen) atoms. The van der Waals surface area contributed by atoms with E-state index in [0.717, 1.165) is 0 Å². The maximum Gasteiger partial charge on any atom is 0.0548 e. The first kappa shape index (κ1) is 18.3. The molecule has 0 unspecified atom stereocenters. The van der Waals surface area contributed by atoms with Gasteiger partial charge in [0.05, 0.1) is 16.7 Å². The number of thiophene rings is 1. The SMILES string of the molecule is c1ccc2c(-n3c4ccc5ccccc5c4c4c5c(ccc43)sc3ccccc35)cccc2c1. The van der Waals surface area contributed by atoms with Crippen LogP contribution in [0.15, 0.2) is 115 Å². The van der Waals surface area contributed by atoms with E-state index in [9.17, 15) is 0 Å². The van der Waals surface area contributed by atoms with E-state index in [1.54, 1.807) is 0 Å². The van der Waals surface area contributed by atoms with Crippen molar-refractivity contribution in [2.45, 2.75) is 0 Å². The molecule has 0 aliphatic heterocycles.